The van der Waals surface area contributed by atoms with Gasteiger partial charge in [0, 0.05) is 31.9 Å². The number of nitrogens with one attached hydrogen (secondary N) is 1. The summed E-state index contributed by atoms with van der Waals surface area (Å²) >= 11 is 0. The maximum Gasteiger partial charge on any atom is 0.234 e. The zero-order chi connectivity index (χ0) is 19.8. The number of para-hydroxylation sites is 1. The van der Waals surface area contributed by atoms with Crippen molar-refractivity contribution in [3.63, 3.8) is 0 Å². The maximum absolute atomic E-state index is 12.9. The Balaban J connectivity index is 1.46. The minimum absolute atomic E-state index is 0.0139. The molecule has 0 aliphatic carbocycles. The van der Waals surface area contributed by atoms with Gasteiger partial charge in [0.2, 0.25) is 5.91 Å². The van der Waals surface area contributed by atoms with Gasteiger partial charge in [0.05, 0.1) is 6.54 Å². The van der Waals surface area contributed by atoms with Gasteiger partial charge in [0.15, 0.2) is 0 Å². The molecular formula is C23H30FN3O. The average molecular weight is 384 g/mol. The maximum atomic E-state index is 12.9. The first-order valence-corrected chi connectivity index (χ1v) is 10.1. The molecule has 0 radical (unpaired) electrons. The first-order chi connectivity index (χ1) is 13.6. The van der Waals surface area contributed by atoms with Crippen molar-refractivity contribution in [2.45, 2.75) is 32.2 Å². The van der Waals surface area contributed by atoms with E-state index in [-0.39, 0.29) is 11.7 Å². The van der Waals surface area contributed by atoms with E-state index in [4.69, 9.17) is 0 Å². The highest BCUT2D eigenvalue weighted by molar-refractivity contribution is 5.78. The van der Waals surface area contributed by atoms with Gasteiger partial charge in [0.1, 0.15) is 5.82 Å². The molecule has 0 atom stereocenters. The summed E-state index contributed by atoms with van der Waals surface area (Å²) in [6.07, 6.45) is 4.52. The summed E-state index contributed by atoms with van der Waals surface area (Å²) < 4.78 is 12.9. The number of likely N-dealkylation sites (N-methyl/N-ethyl adjacent to an activating group) is 1. The molecule has 150 valence electrons. The molecule has 1 aliphatic heterocycles. The summed E-state index contributed by atoms with van der Waals surface area (Å²) in [5.41, 5.74) is 3.59. The van der Waals surface area contributed by atoms with Gasteiger partial charge in [-0.25, -0.2) is 4.39 Å². The van der Waals surface area contributed by atoms with Gasteiger partial charge in [-0.1, -0.05) is 30.3 Å². The topological polar surface area (TPSA) is 35.6 Å². The van der Waals surface area contributed by atoms with Crippen molar-refractivity contribution in [1.82, 2.24) is 10.2 Å². The van der Waals surface area contributed by atoms with Crippen LogP contribution < -0.4 is 10.2 Å². The van der Waals surface area contributed by atoms with Crippen molar-refractivity contribution in [1.29, 1.82) is 0 Å². The Morgan fingerprint density at radius 2 is 1.79 bits per heavy atom. The minimum Gasteiger partial charge on any atom is -0.371 e. The van der Waals surface area contributed by atoms with Crippen LogP contribution in [0.5, 0.6) is 0 Å². The van der Waals surface area contributed by atoms with Crippen LogP contribution in [0.4, 0.5) is 10.1 Å². The van der Waals surface area contributed by atoms with Crippen LogP contribution in [-0.2, 0) is 17.8 Å². The van der Waals surface area contributed by atoms with Crippen LogP contribution in [-0.4, -0.2) is 44.0 Å². The Bertz CT molecular complexity index is 757. The molecule has 0 spiro atoms. The van der Waals surface area contributed by atoms with Crippen LogP contribution in [0.25, 0.3) is 0 Å². The normalized spacial score (nSPS) is 14.3. The molecule has 1 fully saturated rings. The summed E-state index contributed by atoms with van der Waals surface area (Å²) in [6.45, 7) is 3.90. The largest absolute Gasteiger partial charge is 0.371 e. The quantitative estimate of drug-likeness (QED) is 0.756. The summed E-state index contributed by atoms with van der Waals surface area (Å²) in [5.74, 6) is -0.223. The second-order valence-corrected chi connectivity index (χ2v) is 7.58. The molecule has 1 aliphatic rings. The number of halogens is 1. The molecule has 1 saturated heterocycles. The molecule has 0 saturated carbocycles. The van der Waals surface area contributed by atoms with E-state index < -0.39 is 0 Å². The van der Waals surface area contributed by atoms with E-state index in [2.05, 4.69) is 39.4 Å². The molecule has 2 aromatic rings. The predicted molar refractivity (Wildman–Crippen MR) is 112 cm³/mol. The molecule has 0 aromatic heterocycles. The fourth-order valence-electron chi connectivity index (χ4n) is 3.73. The lowest BCUT2D eigenvalue weighted by atomic mass is 10.1. The number of anilines is 1. The zero-order valence-corrected chi connectivity index (χ0v) is 16.7. The van der Waals surface area contributed by atoms with E-state index in [0.717, 1.165) is 25.2 Å². The van der Waals surface area contributed by atoms with Gasteiger partial charge in [-0.3, -0.25) is 9.69 Å². The second kappa shape index (κ2) is 10.2. The molecule has 5 heteroatoms. The summed E-state index contributed by atoms with van der Waals surface area (Å²) in [4.78, 5) is 16.8. The fourth-order valence-corrected chi connectivity index (χ4v) is 3.73. The third-order valence-corrected chi connectivity index (χ3v) is 5.19. The van der Waals surface area contributed by atoms with Crippen molar-refractivity contribution >= 4 is 11.6 Å². The van der Waals surface area contributed by atoms with E-state index in [1.807, 2.05) is 7.05 Å². The van der Waals surface area contributed by atoms with E-state index in [1.54, 1.807) is 12.1 Å². The summed E-state index contributed by atoms with van der Waals surface area (Å²) in [6, 6.07) is 14.9. The van der Waals surface area contributed by atoms with E-state index >= 15 is 0 Å². The van der Waals surface area contributed by atoms with Crippen LogP contribution in [0.2, 0.25) is 0 Å². The Morgan fingerprint density at radius 1 is 1.07 bits per heavy atom. The molecule has 2 aromatic carbocycles. The van der Waals surface area contributed by atoms with E-state index in [1.165, 1.54) is 42.6 Å². The van der Waals surface area contributed by atoms with Crippen molar-refractivity contribution in [2.24, 2.45) is 0 Å². The summed E-state index contributed by atoms with van der Waals surface area (Å²) in [7, 11) is 1.98. The Morgan fingerprint density at radius 3 is 2.54 bits per heavy atom. The van der Waals surface area contributed by atoms with Crippen LogP contribution >= 0.6 is 0 Å². The highest BCUT2D eigenvalue weighted by atomic mass is 19.1. The minimum atomic E-state index is -0.237. The Kier molecular flexibility index (Phi) is 7.43. The van der Waals surface area contributed by atoms with Crippen molar-refractivity contribution in [3.8, 4) is 0 Å². The number of piperidine rings is 1. The van der Waals surface area contributed by atoms with Crippen LogP contribution in [0.3, 0.4) is 0 Å². The van der Waals surface area contributed by atoms with Crippen molar-refractivity contribution in [2.75, 3.05) is 38.1 Å². The lowest BCUT2D eigenvalue weighted by molar-refractivity contribution is -0.122. The number of rotatable bonds is 8. The molecule has 1 heterocycles. The smallest absolute Gasteiger partial charge is 0.234 e. The van der Waals surface area contributed by atoms with Gasteiger partial charge in [0.25, 0.3) is 0 Å². The van der Waals surface area contributed by atoms with Crippen molar-refractivity contribution < 1.29 is 9.18 Å². The third-order valence-electron chi connectivity index (χ3n) is 5.19. The molecule has 1 amide bonds. The summed E-state index contributed by atoms with van der Waals surface area (Å²) in [5, 5.41) is 2.96. The third kappa shape index (κ3) is 6.06. The molecule has 1 N–H and O–H groups in total. The molecule has 28 heavy (non-hydrogen) atoms. The number of carbonyl (C=O) groups excluding carboxylic acids is 1. The second-order valence-electron chi connectivity index (χ2n) is 7.58. The first-order valence-electron chi connectivity index (χ1n) is 10.1. The van der Waals surface area contributed by atoms with Crippen LogP contribution in [0, 0.1) is 5.82 Å². The van der Waals surface area contributed by atoms with E-state index in [9.17, 15) is 9.18 Å². The fraction of sp³-hybridized carbons (Fsp3) is 0.435. The number of benzene rings is 2. The molecule has 0 unspecified atom stereocenters. The highest BCUT2D eigenvalue weighted by Crippen LogP contribution is 2.24. The lowest BCUT2D eigenvalue weighted by Gasteiger charge is -2.31. The van der Waals surface area contributed by atoms with Crippen molar-refractivity contribution in [3.05, 3.63) is 65.5 Å². The van der Waals surface area contributed by atoms with Gasteiger partial charge < -0.3 is 10.2 Å². The predicted octanol–water partition coefficient (Wildman–Crippen LogP) is 3.61. The lowest BCUT2D eigenvalue weighted by Crippen LogP contribution is -2.36. The molecule has 4 nitrogen and oxygen atoms in total. The van der Waals surface area contributed by atoms with Gasteiger partial charge >= 0.3 is 0 Å². The van der Waals surface area contributed by atoms with E-state index in [0.29, 0.717) is 19.5 Å². The monoisotopic (exact) mass is 383 g/mol. The number of hydrogen-bond acceptors (Lipinski definition) is 3. The molecule has 0 bridgehead atoms. The van der Waals surface area contributed by atoms with Gasteiger partial charge in [-0.15, -0.1) is 0 Å². The zero-order valence-electron chi connectivity index (χ0n) is 16.7. The number of carbonyl (C=O) groups is 1. The number of hydrogen-bond donors (Lipinski definition) is 1. The first kappa shape index (κ1) is 20.3. The average Bonchev–Trinajstić information content (AvgIpc) is 2.70. The number of nitrogens with zero attached hydrogens (tertiary/aromatic N) is 2. The molecule has 3 rings (SSSR count). The SMILES string of the molecule is CN(CC(=O)NCCc1ccc(F)cc1)Cc1ccccc1N1CCCCC1. The number of amides is 1. The van der Waals surface area contributed by atoms with Gasteiger partial charge in [-0.2, -0.15) is 0 Å². The van der Waals surface area contributed by atoms with Crippen LogP contribution in [0.15, 0.2) is 48.5 Å². The molecular weight excluding hydrogens is 353 g/mol. The Hall–Kier alpha value is -2.40. The standard InChI is InChI=1S/C23H30FN3O/c1-26(18-23(28)25-14-13-19-9-11-21(24)12-10-19)17-20-7-3-4-8-22(20)27-15-5-2-6-16-27/h3-4,7-12H,2,5-6,13-18H2,1H3,(H,25,28). The Labute approximate surface area is 167 Å². The highest BCUT2D eigenvalue weighted by Gasteiger charge is 2.15. The van der Waals surface area contributed by atoms with Crippen LogP contribution in [0.1, 0.15) is 30.4 Å². The van der Waals surface area contributed by atoms with Gasteiger partial charge in [-0.05, 0) is 62.1 Å².